The Labute approximate surface area is 178 Å². The molecule has 0 radical (unpaired) electrons. The van der Waals surface area contributed by atoms with Crippen molar-refractivity contribution in [2.75, 3.05) is 44.8 Å². The van der Waals surface area contributed by atoms with E-state index in [-0.39, 0.29) is 11.6 Å². The van der Waals surface area contributed by atoms with Crippen molar-refractivity contribution in [3.05, 3.63) is 36.2 Å². The summed E-state index contributed by atoms with van der Waals surface area (Å²) >= 11 is 0. The fourth-order valence-electron chi connectivity index (χ4n) is 2.83. The van der Waals surface area contributed by atoms with Crippen LogP contribution in [0.5, 0.6) is 5.75 Å². The highest BCUT2D eigenvalue weighted by atomic mass is 16.7. The molecular weight excluding hydrogens is 386 g/mol. The number of rotatable bonds is 14. The summed E-state index contributed by atoms with van der Waals surface area (Å²) in [5.41, 5.74) is 0.883. The minimum Gasteiger partial charge on any atom is -0.492 e. The first-order valence-corrected chi connectivity index (χ1v) is 10.5. The van der Waals surface area contributed by atoms with Crippen LogP contribution in [0.4, 0.5) is 5.69 Å². The van der Waals surface area contributed by atoms with Gasteiger partial charge in [0.25, 0.3) is 5.91 Å². The highest BCUT2D eigenvalue weighted by Crippen LogP contribution is 2.16. The number of aromatic nitrogens is 3. The summed E-state index contributed by atoms with van der Waals surface area (Å²) in [5.74, 6) is 0.435. The minimum atomic E-state index is -0.424. The fraction of sp³-hybridized carbons (Fsp3) is 0.571. The van der Waals surface area contributed by atoms with E-state index in [2.05, 4.69) is 34.4 Å². The monoisotopic (exact) mass is 419 g/mol. The zero-order chi connectivity index (χ0) is 21.8. The van der Waals surface area contributed by atoms with Crippen LogP contribution in [-0.2, 0) is 16.0 Å². The lowest BCUT2D eigenvalue weighted by atomic mass is 10.3. The zero-order valence-electron chi connectivity index (χ0n) is 18.3. The predicted octanol–water partition coefficient (Wildman–Crippen LogP) is 2.65. The van der Waals surface area contributed by atoms with Gasteiger partial charge in [0.15, 0.2) is 12.0 Å². The number of amides is 1. The van der Waals surface area contributed by atoms with Crippen LogP contribution in [0.25, 0.3) is 0 Å². The van der Waals surface area contributed by atoms with E-state index in [0.717, 1.165) is 25.4 Å². The number of nitrogens with one attached hydrogen (secondary N) is 1. The van der Waals surface area contributed by atoms with Crippen molar-refractivity contribution in [1.82, 2.24) is 19.9 Å². The molecule has 0 atom stereocenters. The number of ether oxygens (including phenoxy) is 3. The third-order valence-corrected chi connectivity index (χ3v) is 4.50. The van der Waals surface area contributed by atoms with E-state index in [1.165, 1.54) is 4.68 Å². The molecule has 0 aliphatic carbocycles. The summed E-state index contributed by atoms with van der Waals surface area (Å²) in [6, 6.07) is 7.28. The minimum absolute atomic E-state index is 0.223. The summed E-state index contributed by atoms with van der Waals surface area (Å²) in [6.45, 7) is 13.0. The lowest BCUT2D eigenvalue weighted by molar-refractivity contribution is -0.145. The summed E-state index contributed by atoms with van der Waals surface area (Å²) < 4.78 is 18.3. The van der Waals surface area contributed by atoms with Crippen LogP contribution in [0.15, 0.2) is 30.5 Å². The van der Waals surface area contributed by atoms with Crippen LogP contribution in [-0.4, -0.2) is 71.5 Å². The van der Waals surface area contributed by atoms with Gasteiger partial charge in [-0.3, -0.25) is 4.79 Å². The molecule has 1 N–H and O–H groups in total. The second-order valence-corrected chi connectivity index (χ2v) is 6.52. The van der Waals surface area contributed by atoms with Crippen LogP contribution in [0.1, 0.15) is 38.2 Å². The number of anilines is 1. The van der Waals surface area contributed by atoms with Gasteiger partial charge >= 0.3 is 0 Å². The van der Waals surface area contributed by atoms with Crippen LogP contribution in [0, 0.1) is 0 Å². The third kappa shape index (κ3) is 7.74. The molecule has 1 aromatic carbocycles. The standard InChI is InChI=1S/C21H33N5O4/c1-5-25(6-2)13-14-30-18-11-9-17(10-12-18)22-21(27)19-15-26(24-23-19)16-20(28-7-3)29-8-4/h9-12,15,20H,5-8,13-14,16H2,1-4H3,(H,22,27). The Bertz CT molecular complexity index is 740. The van der Waals surface area contributed by atoms with Gasteiger partial charge < -0.3 is 24.4 Å². The Balaban J connectivity index is 1.85. The SMILES string of the molecule is CCOC(Cn1cc(C(=O)Nc2ccc(OCCN(CC)CC)cc2)nn1)OCC. The molecule has 0 saturated heterocycles. The predicted molar refractivity (Wildman–Crippen MR) is 115 cm³/mol. The van der Waals surface area contributed by atoms with Gasteiger partial charge in [0, 0.05) is 25.4 Å². The maximum Gasteiger partial charge on any atom is 0.277 e. The first kappa shape index (κ1) is 23.8. The topological polar surface area (TPSA) is 90.7 Å². The highest BCUT2D eigenvalue weighted by Gasteiger charge is 2.15. The van der Waals surface area contributed by atoms with E-state index in [0.29, 0.717) is 32.1 Å². The Morgan fingerprint density at radius 1 is 1.10 bits per heavy atom. The Kier molecular flexibility index (Phi) is 10.3. The number of hydrogen-bond donors (Lipinski definition) is 1. The van der Waals surface area contributed by atoms with Gasteiger partial charge in [-0.15, -0.1) is 5.10 Å². The smallest absolute Gasteiger partial charge is 0.277 e. The van der Waals surface area contributed by atoms with E-state index in [1.807, 2.05) is 26.0 Å². The van der Waals surface area contributed by atoms with E-state index in [1.54, 1.807) is 18.3 Å². The molecule has 1 aromatic heterocycles. The fourth-order valence-corrected chi connectivity index (χ4v) is 2.83. The van der Waals surface area contributed by atoms with E-state index < -0.39 is 6.29 Å². The van der Waals surface area contributed by atoms with Crippen molar-refractivity contribution in [3.63, 3.8) is 0 Å². The molecule has 2 aromatic rings. The van der Waals surface area contributed by atoms with Crippen molar-refractivity contribution >= 4 is 11.6 Å². The first-order valence-electron chi connectivity index (χ1n) is 10.5. The van der Waals surface area contributed by atoms with E-state index in [9.17, 15) is 4.79 Å². The molecular formula is C21H33N5O4. The van der Waals surface area contributed by atoms with E-state index in [4.69, 9.17) is 14.2 Å². The quantitative estimate of drug-likeness (QED) is 0.471. The summed E-state index contributed by atoms with van der Waals surface area (Å²) in [5, 5.41) is 10.7. The maximum absolute atomic E-state index is 12.4. The third-order valence-electron chi connectivity index (χ3n) is 4.50. The maximum atomic E-state index is 12.4. The Hall–Kier alpha value is -2.49. The van der Waals surface area contributed by atoms with Gasteiger partial charge in [0.05, 0.1) is 12.7 Å². The molecule has 0 bridgehead atoms. The highest BCUT2D eigenvalue weighted by molar-refractivity contribution is 6.02. The number of hydrogen-bond acceptors (Lipinski definition) is 7. The lowest BCUT2D eigenvalue weighted by Crippen LogP contribution is -2.27. The average molecular weight is 420 g/mol. The molecule has 9 heteroatoms. The van der Waals surface area contributed by atoms with Crippen molar-refractivity contribution in [2.45, 2.75) is 40.5 Å². The molecule has 2 rings (SSSR count). The molecule has 166 valence electrons. The number of likely N-dealkylation sites (N-methyl/N-ethyl adjacent to an activating group) is 1. The van der Waals surface area contributed by atoms with Gasteiger partial charge in [-0.2, -0.15) is 0 Å². The number of benzene rings is 1. The van der Waals surface area contributed by atoms with Crippen LogP contribution >= 0.6 is 0 Å². The zero-order valence-corrected chi connectivity index (χ0v) is 18.3. The number of carbonyl (C=O) groups is 1. The molecule has 1 amide bonds. The molecule has 0 aliphatic rings. The molecule has 0 fully saturated rings. The lowest BCUT2D eigenvalue weighted by Gasteiger charge is -2.18. The van der Waals surface area contributed by atoms with Gasteiger partial charge in [-0.05, 0) is 51.2 Å². The van der Waals surface area contributed by atoms with Crippen LogP contribution in [0.3, 0.4) is 0 Å². The average Bonchev–Trinajstić information content (AvgIpc) is 3.21. The second-order valence-electron chi connectivity index (χ2n) is 6.52. The Morgan fingerprint density at radius 3 is 2.37 bits per heavy atom. The molecule has 0 spiro atoms. The van der Waals surface area contributed by atoms with Gasteiger partial charge in [0.2, 0.25) is 0 Å². The molecule has 30 heavy (non-hydrogen) atoms. The van der Waals surface area contributed by atoms with Gasteiger partial charge in [0.1, 0.15) is 12.4 Å². The van der Waals surface area contributed by atoms with Crippen molar-refractivity contribution in [1.29, 1.82) is 0 Å². The van der Waals surface area contributed by atoms with Crippen LogP contribution in [0.2, 0.25) is 0 Å². The number of nitrogens with zero attached hydrogens (tertiary/aromatic N) is 4. The molecule has 9 nitrogen and oxygen atoms in total. The second kappa shape index (κ2) is 12.9. The van der Waals surface area contributed by atoms with Crippen LogP contribution < -0.4 is 10.1 Å². The van der Waals surface area contributed by atoms with Crippen molar-refractivity contribution in [2.24, 2.45) is 0 Å². The Morgan fingerprint density at radius 2 is 1.77 bits per heavy atom. The number of carbonyl (C=O) groups excluding carboxylic acids is 1. The normalized spacial score (nSPS) is 11.3. The van der Waals surface area contributed by atoms with Gasteiger partial charge in [-0.25, -0.2) is 4.68 Å². The molecule has 0 saturated carbocycles. The first-order chi connectivity index (χ1) is 14.6. The van der Waals surface area contributed by atoms with E-state index >= 15 is 0 Å². The summed E-state index contributed by atoms with van der Waals surface area (Å²) in [4.78, 5) is 14.7. The molecule has 0 aliphatic heterocycles. The van der Waals surface area contributed by atoms with Gasteiger partial charge in [-0.1, -0.05) is 19.1 Å². The largest absolute Gasteiger partial charge is 0.492 e. The summed E-state index contributed by atoms with van der Waals surface area (Å²) in [7, 11) is 0. The molecule has 0 unspecified atom stereocenters. The summed E-state index contributed by atoms with van der Waals surface area (Å²) in [6.07, 6.45) is 1.15. The van der Waals surface area contributed by atoms with Crippen molar-refractivity contribution < 1.29 is 19.0 Å². The molecule has 1 heterocycles. The van der Waals surface area contributed by atoms with Crippen molar-refractivity contribution in [3.8, 4) is 5.75 Å².